The quantitative estimate of drug-likeness (QED) is 0.361. The molecule has 0 aliphatic heterocycles. The molecule has 0 saturated heterocycles. The largest absolute Gasteiger partial charge is 0.489 e. The molecule has 182 valence electrons. The molecule has 1 aliphatic rings. The van der Waals surface area contributed by atoms with Crippen LogP contribution in [0.5, 0.6) is 5.75 Å². The van der Waals surface area contributed by atoms with Gasteiger partial charge >= 0.3 is 6.09 Å². The molecule has 1 heterocycles. The molecular formula is C26H26Cl2N4O3. The fraction of sp³-hybridized carbons (Fsp3) is 0.346. The Labute approximate surface area is 214 Å². The Morgan fingerprint density at radius 3 is 2.60 bits per heavy atom. The SMILES string of the molecule is CC(C)(c1ccc(-c2cnn([C@H]3C[C@H](NC(=O)O)C3)c2)cc1)c1cc(Cl)c(OCCCl)c(C#N)c1. The average molecular weight is 513 g/mol. The van der Waals surface area contributed by atoms with Gasteiger partial charge in [-0.15, -0.1) is 11.6 Å². The number of hydrogen-bond acceptors (Lipinski definition) is 4. The molecule has 0 atom stereocenters. The maximum absolute atomic E-state index is 10.8. The van der Waals surface area contributed by atoms with E-state index >= 15 is 0 Å². The van der Waals surface area contributed by atoms with Crippen molar-refractivity contribution in [3.8, 4) is 22.9 Å². The molecule has 0 unspecified atom stereocenters. The first kappa shape index (κ1) is 24.9. The van der Waals surface area contributed by atoms with Gasteiger partial charge in [-0.05, 0) is 41.7 Å². The number of benzene rings is 2. The summed E-state index contributed by atoms with van der Waals surface area (Å²) in [7, 11) is 0. The molecule has 4 rings (SSSR count). The summed E-state index contributed by atoms with van der Waals surface area (Å²) in [5, 5.41) is 25.8. The van der Waals surface area contributed by atoms with Gasteiger partial charge in [-0.3, -0.25) is 4.68 Å². The highest BCUT2D eigenvalue weighted by Crippen LogP contribution is 2.39. The number of aromatic nitrogens is 2. The Balaban J connectivity index is 1.51. The molecule has 2 aromatic carbocycles. The highest BCUT2D eigenvalue weighted by molar-refractivity contribution is 6.32. The number of ether oxygens (including phenoxy) is 1. The van der Waals surface area contributed by atoms with E-state index in [1.165, 1.54) is 0 Å². The first-order valence-corrected chi connectivity index (χ1v) is 12.2. The number of carbonyl (C=O) groups is 1. The first-order chi connectivity index (χ1) is 16.7. The Hall–Kier alpha value is -3.21. The van der Waals surface area contributed by atoms with E-state index in [0.29, 0.717) is 22.2 Å². The summed E-state index contributed by atoms with van der Waals surface area (Å²) < 4.78 is 7.49. The minimum Gasteiger partial charge on any atom is -0.489 e. The topological polar surface area (TPSA) is 100 Å². The van der Waals surface area contributed by atoms with Crippen molar-refractivity contribution in [1.29, 1.82) is 5.26 Å². The lowest BCUT2D eigenvalue weighted by Crippen LogP contribution is -2.44. The number of alkyl halides is 1. The molecular weight excluding hydrogens is 487 g/mol. The third kappa shape index (κ3) is 5.24. The number of halogens is 2. The van der Waals surface area contributed by atoms with Crippen molar-refractivity contribution in [2.45, 2.75) is 44.2 Å². The molecule has 0 radical (unpaired) electrons. The third-order valence-electron chi connectivity index (χ3n) is 6.57. The van der Waals surface area contributed by atoms with Crippen LogP contribution < -0.4 is 10.1 Å². The van der Waals surface area contributed by atoms with Gasteiger partial charge in [-0.25, -0.2) is 4.79 Å². The van der Waals surface area contributed by atoms with Crippen LogP contribution in [0.1, 0.15) is 49.4 Å². The minimum atomic E-state index is -0.987. The summed E-state index contributed by atoms with van der Waals surface area (Å²) in [5.74, 6) is 0.668. The van der Waals surface area contributed by atoms with E-state index in [4.69, 9.17) is 33.0 Å². The fourth-order valence-corrected chi connectivity index (χ4v) is 4.70. The number of amides is 1. The van der Waals surface area contributed by atoms with Crippen molar-refractivity contribution in [3.63, 3.8) is 0 Å². The number of nitrogens with zero attached hydrogens (tertiary/aromatic N) is 3. The van der Waals surface area contributed by atoms with Crippen LogP contribution in [0.25, 0.3) is 11.1 Å². The molecule has 0 spiro atoms. The number of rotatable bonds is 8. The van der Waals surface area contributed by atoms with Gasteiger partial charge in [0.25, 0.3) is 0 Å². The summed E-state index contributed by atoms with van der Waals surface area (Å²) in [5.41, 5.74) is 4.00. The lowest BCUT2D eigenvalue weighted by Gasteiger charge is -2.34. The van der Waals surface area contributed by atoms with Gasteiger partial charge in [0, 0.05) is 23.2 Å². The van der Waals surface area contributed by atoms with Crippen molar-refractivity contribution < 1.29 is 14.6 Å². The number of hydrogen-bond donors (Lipinski definition) is 2. The normalized spacial score (nSPS) is 17.3. The molecule has 1 fully saturated rings. The molecule has 3 aromatic rings. The van der Waals surface area contributed by atoms with Crippen LogP contribution in [0.15, 0.2) is 48.8 Å². The van der Waals surface area contributed by atoms with E-state index in [1.54, 1.807) is 0 Å². The Kier molecular flexibility index (Phi) is 7.25. The summed E-state index contributed by atoms with van der Waals surface area (Å²) in [6.07, 6.45) is 4.32. The number of nitrogens with one attached hydrogen (secondary N) is 1. The van der Waals surface area contributed by atoms with E-state index in [1.807, 2.05) is 29.2 Å². The van der Waals surface area contributed by atoms with Crippen LogP contribution in [0.4, 0.5) is 4.79 Å². The van der Waals surface area contributed by atoms with E-state index in [-0.39, 0.29) is 18.7 Å². The molecule has 9 heteroatoms. The highest BCUT2D eigenvalue weighted by atomic mass is 35.5. The zero-order valence-electron chi connectivity index (χ0n) is 19.5. The standard InChI is InChI=1S/C26H26Cl2N4O3/c1-26(2,20-9-17(13-29)24(23(28)10-20)35-8-7-27)19-5-3-16(4-6-19)18-14-30-32(15-18)22-11-21(12-22)31-25(33)34/h3-6,9-10,14-15,21-22,31H,7-8,11-12H2,1-2H3,(H,33,34)/t21-,22-. The molecule has 1 aliphatic carbocycles. The third-order valence-corrected chi connectivity index (χ3v) is 7.00. The molecule has 1 saturated carbocycles. The monoisotopic (exact) mass is 512 g/mol. The van der Waals surface area contributed by atoms with Gasteiger partial charge in [-0.2, -0.15) is 10.4 Å². The van der Waals surface area contributed by atoms with E-state index in [9.17, 15) is 10.1 Å². The van der Waals surface area contributed by atoms with Crippen molar-refractivity contribution >= 4 is 29.3 Å². The predicted octanol–water partition coefficient (Wildman–Crippen LogP) is 5.99. The van der Waals surface area contributed by atoms with Crippen LogP contribution >= 0.6 is 23.2 Å². The number of carboxylic acid groups (broad SMARTS) is 1. The summed E-state index contributed by atoms with van der Waals surface area (Å²) in [4.78, 5) is 10.8. The zero-order valence-corrected chi connectivity index (χ0v) is 21.0. The summed E-state index contributed by atoms with van der Waals surface area (Å²) >= 11 is 12.2. The van der Waals surface area contributed by atoms with Crippen LogP contribution in [0, 0.1) is 11.3 Å². The maximum Gasteiger partial charge on any atom is 0.404 e. The smallest absolute Gasteiger partial charge is 0.404 e. The van der Waals surface area contributed by atoms with Crippen molar-refractivity contribution in [3.05, 3.63) is 70.5 Å². The number of nitriles is 1. The molecule has 35 heavy (non-hydrogen) atoms. The average Bonchev–Trinajstić information content (AvgIpc) is 3.29. The molecule has 2 N–H and O–H groups in total. The second kappa shape index (κ2) is 10.2. The second-order valence-electron chi connectivity index (χ2n) is 9.17. The maximum atomic E-state index is 10.8. The van der Waals surface area contributed by atoms with Gasteiger partial charge in [0.2, 0.25) is 0 Å². The van der Waals surface area contributed by atoms with E-state index in [0.717, 1.165) is 35.1 Å². The van der Waals surface area contributed by atoms with Gasteiger partial charge in [0.05, 0.1) is 28.7 Å². The van der Waals surface area contributed by atoms with E-state index < -0.39 is 11.5 Å². The van der Waals surface area contributed by atoms with Crippen molar-refractivity contribution in [2.75, 3.05) is 12.5 Å². The minimum absolute atomic E-state index is 0.0114. The predicted molar refractivity (Wildman–Crippen MR) is 135 cm³/mol. The first-order valence-electron chi connectivity index (χ1n) is 11.3. The highest BCUT2D eigenvalue weighted by Gasteiger charge is 2.32. The van der Waals surface area contributed by atoms with E-state index in [2.05, 4.69) is 54.6 Å². The van der Waals surface area contributed by atoms with Crippen LogP contribution in [0.2, 0.25) is 5.02 Å². The van der Waals surface area contributed by atoms with Crippen molar-refractivity contribution in [1.82, 2.24) is 15.1 Å². The lowest BCUT2D eigenvalue weighted by molar-refractivity contribution is 0.163. The van der Waals surface area contributed by atoms with Crippen LogP contribution in [0.3, 0.4) is 0 Å². The van der Waals surface area contributed by atoms with Gasteiger partial charge in [0.1, 0.15) is 12.7 Å². The van der Waals surface area contributed by atoms with Crippen LogP contribution in [-0.4, -0.2) is 39.5 Å². The molecule has 1 amide bonds. The van der Waals surface area contributed by atoms with Gasteiger partial charge < -0.3 is 15.2 Å². The second-order valence-corrected chi connectivity index (χ2v) is 9.95. The Morgan fingerprint density at radius 2 is 1.97 bits per heavy atom. The summed E-state index contributed by atoms with van der Waals surface area (Å²) in [6, 6.07) is 14.3. The fourth-order valence-electron chi connectivity index (χ4n) is 4.35. The summed E-state index contributed by atoms with van der Waals surface area (Å²) in [6.45, 7) is 4.45. The van der Waals surface area contributed by atoms with Gasteiger partial charge in [-0.1, -0.05) is 49.7 Å². The molecule has 0 bridgehead atoms. The van der Waals surface area contributed by atoms with Crippen LogP contribution in [-0.2, 0) is 5.41 Å². The van der Waals surface area contributed by atoms with Gasteiger partial charge in [0.15, 0.2) is 5.75 Å². The Bertz CT molecular complexity index is 1260. The molecule has 7 nitrogen and oxygen atoms in total. The molecule has 1 aromatic heterocycles. The lowest BCUT2D eigenvalue weighted by atomic mass is 9.77. The zero-order chi connectivity index (χ0) is 25.2. The Morgan fingerprint density at radius 1 is 1.26 bits per heavy atom. The van der Waals surface area contributed by atoms with Crippen molar-refractivity contribution in [2.24, 2.45) is 0 Å².